The van der Waals surface area contributed by atoms with E-state index in [2.05, 4.69) is 46.0 Å². The molecule has 1 heterocycles. The summed E-state index contributed by atoms with van der Waals surface area (Å²) in [5, 5.41) is 0. The summed E-state index contributed by atoms with van der Waals surface area (Å²) in [6, 6.07) is 0. The summed E-state index contributed by atoms with van der Waals surface area (Å²) < 4.78 is 0.578. The first-order chi connectivity index (χ1) is 6.01. The molecule has 0 aromatic carbocycles. The van der Waals surface area contributed by atoms with Crippen molar-refractivity contribution in [1.82, 2.24) is 0 Å². The fraction of sp³-hybridized carbons (Fsp3) is 0.833. The third kappa shape index (κ3) is 2.52. The lowest BCUT2D eigenvalue weighted by atomic mass is 9.78. The maximum absolute atomic E-state index is 4.09. The number of hydrogen-bond acceptors (Lipinski definition) is 1. The molecule has 0 aromatic rings. The monoisotopic (exact) mass is 198 g/mol. The lowest BCUT2D eigenvalue weighted by Gasteiger charge is -2.28. The molecule has 0 amide bonds. The number of allylic oxidation sites excluding steroid dienone is 1. The van der Waals surface area contributed by atoms with Crippen molar-refractivity contribution in [2.24, 2.45) is 11.8 Å². The van der Waals surface area contributed by atoms with Crippen LogP contribution in [-0.4, -0.2) is 10.5 Å². The molecule has 0 aromatic heterocycles. The lowest BCUT2D eigenvalue weighted by molar-refractivity contribution is 0.331. The van der Waals surface area contributed by atoms with E-state index in [1.165, 1.54) is 24.2 Å². The summed E-state index contributed by atoms with van der Waals surface area (Å²) in [7, 11) is 0. The number of rotatable bonds is 5. The van der Waals surface area contributed by atoms with Gasteiger partial charge in [0, 0.05) is 10.5 Å². The molecule has 1 aliphatic rings. The third-order valence-corrected chi connectivity index (χ3v) is 4.87. The maximum atomic E-state index is 4.09. The Labute approximate surface area is 87.2 Å². The Balaban J connectivity index is 2.61. The van der Waals surface area contributed by atoms with Gasteiger partial charge in [-0.2, -0.15) is 11.8 Å². The van der Waals surface area contributed by atoms with Gasteiger partial charge < -0.3 is 0 Å². The van der Waals surface area contributed by atoms with Crippen LogP contribution in [0.5, 0.6) is 0 Å². The molecule has 0 bridgehead atoms. The zero-order valence-corrected chi connectivity index (χ0v) is 10.2. The second kappa shape index (κ2) is 4.08. The second-order valence-electron chi connectivity index (χ2n) is 4.63. The molecule has 0 spiro atoms. The minimum atomic E-state index is 0.578. The SMILES string of the molecule is C=C(C)C(C)C(CCC)C1(C)CS1. The Kier molecular flexibility index (Phi) is 3.50. The van der Waals surface area contributed by atoms with Crippen LogP contribution in [0.3, 0.4) is 0 Å². The van der Waals surface area contributed by atoms with Crippen LogP contribution in [0.2, 0.25) is 0 Å². The molecule has 1 fully saturated rings. The van der Waals surface area contributed by atoms with Crippen molar-refractivity contribution in [2.45, 2.75) is 45.3 Å². The van der Waals surface area contributed by atoms with Crippen molar-refractivity contribution in [1.29, 1.82) is 0 Å². The first-order valence-electron chi connectivity index (χ1n) is 5.30. The minimum Gasteiger partial charge on any atom is -0.153 e. The Hall–Kier alpha value is 0.0900. The summed E-state index contributed by atoms with van der Waals surface area (Å²) in [6.45, 7) is 13.3. The summed E-state index contributed by atoms with van der Waals surface area (Å²) in [4.78, 5) is 0. The molecule has 3 unspecified atom stereocenters. The van der Waals surface area contributed by atoms with Crippen molar-refractivity contribution < 1.29 is 0 Å². The minimum absolute atomic E-state index is 0.578. The van der Waals surface area contributed by atoms with Gasteiger partial charge in [-0.05, 0) is 32.1 Å². The first-order valence-corrected chi connectivity index (χ1v) is 6.29. The van der Waals surface area contributed by atoms with Crippen LogP contribution in [0, 0.1) is 11.8 Å². The molecular formula is C12H22S. The van der Waals surface area contributed by atoms with Crippen molar-refractivity contribution in [3.8, 4) is 0 Å². The Morgan fingerprint density at radius 2 is 2.15 bits per heavy atom. The summed E-state index contributed by atoms with van der Waals surface area (Å²) in [5.41, 5.74) is 1.35. The van der Waals surface area contributed by atoms with Gasteiger partial charge in [-0.25, -0.2) is 0 Å². The molecule has 3 atom stereocenters. The van der Waals surface area contributed by atoms with Crippen molar-refractivity contribution >= 4 is 11.8 Å². The van der Waals surface area contributed by atoms with Crippen LogP contribution < -0.4 is 0 Å². The normalized spacial score (nSPS) is 31.1. The third-order valence-electron chi connectivity index (χ3n) is 3.36. The number of hydrogen-bond donors (Lipinski definition) is 0. The van der Waals surface area contributed by atoms with Crippen molar-refractivity contribution in [2.75, 3.05) is 5.75 Å². The van der Waals surface area contributed by atoms with Crippen LogP contribution in [0.15, 0.2) is 12.2 Å². The van der Waals surface area contributed by atoms with Crippen LogP contribution in [0.4, 0.5) is 0 Å². The van der Waals surface area contributed by atoms with Gasteiger partial charge in [0.1, 0.15) is 0 Å². The average molecular weight is 198 g/mol. The van der Waals surface area contributed by atoms with Crippen LogP contribution in [0.25, 0.3) is 0 Å². The van der Waals surface area contributed by atoms with E-state index >= 15 is 0 Å². The molecule has 13 heavy (non-hydrogen) atoms. The summed E-state index contributed by atoms with van der Waals surface area (Å²) >= 11 is 2.12. The largest absolute Gasteiger partial charge is 0.153 e. The van der Waals surface area contributed by atoms with Crippen LogP contribution in [-0.2, 0) is 0 Å². The Bertz CT molecular complexity index is 191. The maximum Gasteiger partial charge on any atom is 0.0256 e. The van der Waals surface area contributed by atoms with E-state index in [-0.39, 0.29) is 0 Å². The summed E-state index contributed by atoms with van der Waals surface area (Å²) in [6.07, 6.45) is 2.66. The quantitative estimate of drug-likeness (QED) is 0.473. The smallest absolute Gasteiger partial charge is 0.0256 e. The van der Waals surface area contributed by atoms with Gasteiger partial charge in [-0.1, -0.05) is 32.4 Å². The standard InChI is InChI=1S/C12H22S/c1-6-7-11(10(4)9(2)3)12(5)8-13-12/h10-11H,2,6-8H2,1,3-5H3. The fourth-order valence-corrected chi connectivity index (χ4v) is 3.04. The molecule has 0 N–H and O–H groups in total. The summed E-state index contributed by atoms with van der Waals surface area (Å²) in [5.74, 6) is 2.90. The zero-order chi connectivity index (χ0) is 10.1. The second-order valence-corrected chi connectivity index (χ2v) is 6.14. The Morgan fingerprint density at radius 1 is 1.62 bits per heavy atom. The molecule has 0 saturated carbocycles. The van der Waals surface area contributed by atoms with Crippen LogP contribution in [0.1, 0.15) is 40.5 Å². The molecule has 1 aliphatic heterocycles. The van der Waals surface area contributed by atoms with Crippen molar-refractivity contribution in [3.63, 3.8) is 0 Å². The molecule has 0 aliphatic carbocycles. The van der Waals surface area contributed by atoms with Gasteiger partial charge in [0.25, 0.3) is 0 Å². The topological polar surface area (TPSA) is 0 Å². The van der Waals surface area contributed by atoms with Gasteiger partial charge in [0.2, 0.25) is 0 Å². The molecule has 0 radical (unpaired) electrons. The molecule has 0 nitrogen and oxygen atoms in total. The van der Waals surface area contributed by atoms with Gasteiger partial charge in [0.15, 0.2) is 0 Å². The zero-order valence-electron chi connectivity index (χ0n) is 9.39. The van der Waals surface area contributed by atoms with E-state index in [1.54, 1.807) is 0 Å². The first kappa shape index (κ1) is 11.2. The van der Waals surface area contributed by atoms with E-state index in [0.717, 1.165) is 5.92 Å². The van der Waals surface area contributed by atoms with E-state index in [4.69, 9.17) is 0 Å². The predicted octanol–water partition coefficient (Wildman–Crippen LogP) is 4.12. The van der Waals surface area contributed by atoms with E-state index in [0.29, 0.717) is 10.7 Å². The Morgan fingerprint density at radius 3 is 2.46 bits per heavy atom. The predicted molar refractivity (Wildman–Crippen MR) is 63.2 cm³/mol. The highest BCUT2D eigenvalue weighted by atomic mass is 32.2. The highest BCUT2D eigenvalue weighted by Gasteiger charge is 2.47. The van der Waals surface area contributed by atoms with E-state index in [9.17, 15) is 0 Å². The van der Waals surface area contributed by atoms with Gasteiger partial charge in [-0.15, -0.1) is 0 Å². The molecule has 1 rings (SSSR count). The highest BCUT2D eigenvalue weighted by Crippen LogP contribution is 2.54. The van der Waals surface area contributed by atoms with E-state index in [1.807, 2.05) is 0 Å². The van der Waals surface area contributed by atoms with Crippen molar-refractivity contribution in [3.05, 3.63) is 12.2 Å². The molecular weight excluding hydrogens is 176 g/mol. The molecule has 1 saturated heterocycles. The van der Waals surface area contributed by atoms with Gasteiger partial charge in [0.05, 0.1) is 0 Å². The van der Waals surface area contributed by atoms with Gasteiger partial charge in [-0.3, -0.25) is 0 Å². The fourth-order valence-electron chi connectivity index (χ4n) is 2.07. The van der Waals surface area contributed by atoms with Gasteiger partial charge >= 0.3 is 0 Å². The lowest BCUT2D eigenvalue weighted by Crippen LogP contribution is -2.26. The van der Waals surface area contributed by atoms with E-state index < -0.39 is 0 Å². The molecule has 1 heteroatoms. The molecule has 76 valence electrons. The van der Waals surface area contributed by atoms with Crippen LogP contribution >= 0.6 is 11.8 Å². The highest BCUT2D eigenvalue weighted by molar-refractivity contribution is 8.07. The average Bonchev–Trinajstić information content (AvgIpc) is 2.79. The number of thioether (sulfide) groups is 1.